The van der Waals surface area contributed by atoms with Crippen molar-refractivity contribution in [3.63, 3.8) is 0 Å². The molecule has 2 heterocycles. The van der Waals surface area contributed by atoms with Crippen LogP contribution in [-0.4, -0.2) is 21.7 Å². The highest BCUT2D eigenvalue weighted by molar-refractivity contribution is 6.36. The highest BCUT2D eigenvalue weighted by atomic mass is 35.5. The van der Waals surface area contributed by atoms with Gasteiger partial charge in [0.1, 0.15) is 5.70 Å². The van der Waals surface area contributed by atoms with E-state index < -0.39 is 0 Å². The molecule has 1 aromatic heterocycles. The van der Waals surface area contributed by atoms with Gasteiger partial charge in [-0.2, -0.15) is 0 Å². The molecule has 0 saturated heterocycles. The van der Waals surface area contributed by atoms with E-state index in [1.165, 1.54) is 4.90 Å². The Labute approximate surface area is 180 Å². The maximum Gasteiger partial charge on any atom is 0.278 e. The molecule has 0 bridgehead atoms. The molecule has 1 N–H and O–H groups in total. The number of imide groups is 1. The Kier molecular flexibility index (Phi) is 5.38. The number of benzene rings is 2. The molecule has 0 unspecified atom stereocenters. The number of anilines is 1. The molecule has 1 aliphatic heterocycles. The van der Waals surface area contributed by atoms with E-state index in [-0.39, 0.29) is 24.1 Å². The summed E-state index contributed by atoms with van der Waals surface area (Å²) >= 11 is 6.02. The van der Waals surface area contributed by atoms with Gasteiger partial charge in [-0.25, -0.2) is 0 Å². The first kappa shape index (κ1) is 19.9. The standard InChI is InChI=1S/C24H20ClN3O2/c1-15-3-4-16(2)20(13-15)27-22-21(18-5-7-19(25)8-6-18)23(29)28(24(22)30)14-17-9-11-26-12-10-17/h3-13,27H,14H2,1-2H3. The number of nitrogens with zero attached hydrogens (tertiary/aromatic N) is 2. The number of aryl methyl sites for hydroxylation is 2. The largest absolute Gasteiger partial charge is 0.350 e. The van der Waals surface area contributed by atoms with Gasteiger partial charge in [0, 0.05) is 23.1 Å². The van der Waals surface area contributed by atoms with Gasteiger partial charge in [0.05, 0.1) is 12.1 Å². The van der Waals surface area contributed by atoms with Gasteiger partial charge in [-0.05, 0) is 66.4 Å². The summed E-state index contributed by atoms with van der Waals surface area (Å²) in [6, 6.07) is 16.5. The highest BCUT2D eigenvalue weighted by Crippen LogP contribution is 2.33. The zero-order valence-electron chi connectivity index (χ0n) is 16.6. The fourth-order valence-electron chi connectivity index (χ4n) is 3.40. The lowest BCUT2D eigenvalue weighted by molar-refractivity contribution is -0.137. The lowest BCUT2D eigenvalue weighted by Gasteiger charge is -2.16. The summed E-state index contributed by atoms with van der Waals surface area (Å²) in [5.74, 6) is -0.699. The molecule has 0 atom stereocenters. The SMILES string of the molecule is Cc1ccc(C)c(NC2=C(c3ccc(Cl)cc3)C(=O)N(Cc3ccncc3)C2=O)c1. The van der Waals surface area contributed by atoms with E-state index in [4.69, 9.17) is 11.6 Å². The monoisotopic (exact) mass is 417 g/mol. The number of carbonyl (C=O) groups excluding carboxylic acids is 2. The van der Waals surface area contributed by atoms with Gasteiger partial charge < -0.3 is 5.32 Å². The van der Waals surface area contributed by atoms with Crippen LogP contribution in [0, 0.1) is 13.8 Å². The second kappa shape index (κ2) is 8.13. The number of nitrogens with one attached hydrogen (secondary N) is 1. The molecule has 3 aromatic rings. The fourth-order valence-corrected chi connectivity index (χ4v) is 3.52. The van der Waals surface area contributed by atoms with Crippen molar-refractivity contribution < 1.29 is 9.59 Å². The summed E-state index contributed by atoms with van der Waals surface area (Å²) in [6.45, 7) is 4.12. The molecule has 0 fully saturated rings. The maximum absolute atomic E-state index is 13.3. The number of carbonyl (C=O) groups is 2. The van der Waals surface area contributed by atoms with Crippen molar-refractivity contribution in [1.29, 1.82) is 0 Å². The van der Waals surface area contributed by atoms with Crippen molar-refractivity contribution in [2.75, 3.05) is 5.32 Å². The first-order valence-electron chi connectivity index (χ1n) is 9.53. The molecular formula is C24H20ClN3O2. The molecule has 2 aromatic carbocycles. The molecule has 4 rings (SSSR count). The minimum absolute atomic E-state index is 0.176. The number of amides is 2. The van der Waals surface area contributed by atoms with Gasteiger partial charge in [0.25, 0.3) is 11.8 Å². The first-order valence-corrected chi connectivity index (χ1v) is 9.91. The highest BCUT2D eigenvalue weighted by Gasteiger charge is 2.39. The summed E-state index contributed by atoms with van der Waals surface area (Å²) in [4.78, 5) is 31.9. The molecule has 0 radical (unpaired) electrons. The van der Waals surface area contributed by atoms with Crippen molar-refractivity contribution in [2.45, 2.75) is 20.4 Å². The van der Waals surface area contributed by atoms with Gasteiger partial charge in [0.15, 0.2) is 0 Å². The molecule has 6 heteroatoms. The summed E-state index contributed by atoms with van der Waals surface area (Å²) < 4.78 is 0. The minimum Gasteiger partial charge on any atom is -0.350 e. The number of halogens is 1. The number of hydrogen-bond donors (Lipinski definition) is 1. The zero-order chi connectivity index (χ0) is 21.3. The first-order chi connectivity index (χ1) is 14.4. The third kappa shape index (κ3) is 3.84. The van der Waals surface area contributed by atoms with Gasteiger partial charge in [-0.3, -0.25) is 19.5 Å². The van der Waals surface area contributed by atoms with Crippen molar-refractivity contribution in [2.24, 2.45) is 0 Å². The topological polar surface area (TPSA) is 62.3 Å². The van der Waals surface area contributed by atoms with E-state index in [1.807, 2.05) is 32.0 Å². The van der Waals surface area contributed by atoms with Crippen molar-refractivity contribution in [3.05, 3.63) is 100.0 Å². The van der Waals surface area contributed by atoms with Crippen LogP contribution in [0.25, 0.3) is 5.57 Å². The number of pyridine rings is 1. The van der Waals surface area contributed by atoms with E-state index >= 15 is 0 Å². The van der Waals surface area contributed by atoms with E-state index in [0.29, 0.717) is 16.2 Å². The average molecular weight is 418 g/mol. The van der Waals surface area contributed by atoms with Gasteiger partial charge in [-0.1, -0.05) is 35.9 Å². The summed E-state index contributed by atoms with van der Waals surface area (Å²) in [6.07, 6.45) is 3.28. The van der Waals surface area contributed by atoms with Crippen LogP contribution in [0.1, 0.15) is 22.3 Å². The molecule has 150 valence electrons. The van der Waals surface area contributed by atoms with Crippen LogP contribution in [0.5, 0.6) is 0 Å². The van der Waals surface area contributed by atoms with Crippen LogP contribution in [0.2, 0.25) is 5.02 Å². The summed E-state index contributed by atoms with van der Waals surface area (Å²) in [7, 11) is 0. The predicted molar refractivity (Wildman–Crippen MR) is 118 cm³/mol. The molecule has 5 nitrogen and oxygen atoms in total. The Morgan fingerprint density at radius 1 is 0.933 bits per heavy atom. The van der Waals surface area contributed by atoms with Crippen molar-refractivity contribution >= 4 is 34.7 Å². The van der Waals surface area contributed by atoms with Crippen LogP contribution >= 0.6 is 11.6 Å². The maximum atomic E-state index is 13.3. The average Bonchev–Trinajstić information content (AvgIpc) is 2.96. The Morgan fingerprint density at radius 3 is 2.33 bits per heavy atom. The van der Waals surface area contributed by atoms with E-state index in [2.05, 4.69) is 10.3 Å². The minimum atomic E-state index is -0.359. The summed E-state index contributed by atoms with van der Waals surface area (Å²) in [5.41, 5.74) is 4.91. The van der Waals surface area contributed by atoms with Crippen molar-refractivity contribution in [3.8, 4) is 0 Å². The van der Waals surface area contributed by atoms with Crippen LogP contribution in [0.15, 0.2) is 72.7 Å². The molecule has 1 aliphatic rings. The third-order valence-corrected chi connectivity index (χ3v) is 5.30. The number of aromatic nitrogens is 1. The quantitative estimate of drug-likeness (QED) is 0.609. The molecule has 0 spiro atoms. The molecule has 2 amide bonds. The Bertz CT molecular complexity index is 1150. The number of rotatable bonds is 5. The van der Waals surface area contributed by atoms with Crippen LogP contribution < -0.4 is 5.32 Å². The van der Waals surface area contributed by atoms with Crippen LogP contribution in [0.4, 0.5) is 5.69 Å². The third-order valence-electron chi connectivity index (χ3n) is 5.04. The Balaban J connectivity index is 1.77. The van der Waals surface area contributed by atoms with Gasteiger partial charge in [-0.15, -0.1) is 0 Å². The molecule has 0 saturated carbocycles. The van der Waals surface area contributed by atoms with E-state index in [0.717, 1.165) is 22.4 Å². The lowest BCUT2D eigenvalue weighted by Crippen LogP contribution is -2.32. The fraction of sp³-hybridized carbons (Fsp3) is 0.125. The second-order valence-corrected chi connectivity index (χ2v) is 7.69. The summed E-state index contributed by atoms with van der Waals surface area (Å²) in [5, 5.41) is 3.80. The Hall–Kier alpha value is -3.44. The normalized spacial score (nSPS) is 13.9. The smallest absolute Gasteiger partial charge is 0.278 e. The predicted octanol–water partition coefficient (Wildman–Crippen LogP) is 4.74. The molecule has 30 heavy (non-hydrogen) atoms. The van der Waals surface area contributed by atoms with Gasteiger partial charge in [0.2, 0.25) is 0 Å². The van der Waals surface area contributed by atoms with Crippen LogP contribution in [0.3, 0.4) is 0 Å². The Morgan fingerprint density at radius 2 is 1.63 bits per heavy atom. The number of hydrogen-bond acceptors (Lipinski definition) is 4. The lowest BCUT2D eigenvalue weighted by atomic mass is 10.0. The van der Waals surface area contributed by atoms with Crippen LogP contribution in [-0.2, 0) is 16.1 Å². The molecule has 0 aliphatic carbocycles. The van der Waals surface area contributed by atoms with Crippen molar-refractivity contribution in [1.82, 2.24) is 9.88 Å². The van der Waals surface area contributed by atoms with Gasteiger partial charge >= 0.3 is 0 Å². The molecular weight excluding hydrogens is 398 g/mol. The second-order valence-electron chi connectivity index (χ2n) is 7.25. The zero-order valence-corrected chi connectivity index (χ0v) is 17.4. The van der Waals surface area contributed by atoms with E-state index in [1.54, 1.807) is 48.8 Å². The van der Waals surface area contributed by atoms with E-state index in [9.17, 15) is 9.59 Å².